The predicted molar refractivity (Wildman–Crippen MR) is 125 cm³/mol. The summed E-state index contributed by atoms with van der Waals surface area (Å²) >= 11 is 5.99. The highest BCUT2D eigenvalue weighted by Gasteiger charge is 2.20. The second-order valence-electron chi connectivity index (χ2n) is 7.56. The molecule has 184 valence electrons. The monoisotopic (exact) mass is 505 g/mol. The molecule has 1 fully saturated rings. The number of alkyl halides is 2. The van der Waals surface area contributed by atoms with Gasteiger partial charge in [-0.05, 0) is 50.2 Å². The first kappa shape index (κ1) is 24.5. The summed E-state index contributed by atoms with van der Waals surface area (Å²) in [5.74, 6) is -0.605. The maximum Gasteiger partial charge on any atom is 0.387 e. The summed E-state index contributed by atoms with van der Waals surface area (Å²) < 4.78 is 31.4. The minimum absolute atomic E-state index is 0.0266. The Kier molecular flexibility index (Phi) is 7.85. The fraction of sp³-hybridized carbons (Fsp3) is 0.273. The van der Waals surface area contributed by atoms with E-state index >= 15 is 0 Å². The number of aromatic amines is 1. The maximum absolute atomic E-state index is 12.7. The standard InChI is InChI=1S/C17H11ClF2N6O2.C5H11NO/c18-9-2-3-13(28-17(19)20)10(6-9)14-12(8-22-25-14)24-16(27)11-7-23-26-5-1-4-21-15(11)26;7-5-1-3-6-4-2-5/h1-8,17H,(H,22,25)(H,24,27);5-7H,1-4H2. The van der Waals surface area contributed by atoms with Crippen LogP contribution >= 0.6 is 11.6 Å². The number of benzene rings is 1. The fourth-order valence-corrected chi connectivity index (χ4v) is 3.64. The Morgan fingerprint density at radius 2 is 2.09 bits per heavy atom. The molecule has 0 aliphatic carbocycles. The molecule has 13 heteroatoms. The normalized spacial score (nSPS) is 14.0. The zero-order chi connectivity index (χ0) is 24.8. The first-order valence-corrected chi connectivity index (χ1v) is 11.1. The Hall–Kier alpha value is -3.61. The summed E-state index contributed by atoms with van der Waals surface area (Å²) in [5, 5.41) is 25.6. The first-order valence-electron chi connectivity index (χ1n) is 10.7. The van der Waals surface area contributed by atoms with Gasteiger partial charge < -0.3 is 20.5 Å². The quantitative estimate of drug-likeness (QED) is 0.327. The number of amides is 1. The number of carbonyl (C=O) groups is 1. The van der Waals surface area contributed by atoms with Crippen LogP contribution in [-0.4, -0.2) is 61.6 Å². The Morgan fingerprint density at radius 3 is 2.80 bits per heavy atom. The summed E-state index contributed by atoms with van der Waals surface area (Å²) in [6.07, 6.45) is 7.75. The highest BCUT2D eigenvalue weighted by molar-refractivity contribution is 6.31. The van der Waals surface area contributed by atoms with Crippen molar-refractivity contribution in [3.05, 3.63) is 59.6 Å². The second-order valence-corrected chi connectivity index (χ2v) is 8.00. The number of nitrogens with zero attached hydrogens (tertiary/aromatic N) is 4. The number of fused-ring (bicyclic) bond motifs is 1. The van der Waals surface area contributed by atoms with Gasteiger partial charge in [0.2, 0.25) is 0 Å². The molecule has 1 amide bonds. The van der Waals surface area contributed by atoms with E-state index < -0.39 is 12.5 Å². The van der Waals surface area contributed by atoms with Crippen LogP contribution in [0.3, 0.4) is 0 Å². The molecule has 4 heterocycles. The molecule has 0 radical (unpaired) electrons. The van der Waals surface area contributed by atoms with Gasteiger partial charge >= 0.3 is 6.61 Å². The molecule has 4 aromatic rings. The zero-order valence-electron chi connectivity index (χ0n) is 18.3. The number of piperidine rings is 1. The van der Waals surface area contributed by atoms with Crippen molar-refractivity contribution in [1.82, 2.24) is 30.1 Å². The molecule has 1 aliphatic rings. The van der Waals surface area contributed by atoms with Gasteiger partial charge in [-0.2, -0.15) is 19.0 Å². The van der Waals surface area contributed by atoms with Crippen molar-refractivity contribution in [2.24, 2.45) is 0 Å². The SMILES string of the molecule is O=C(Nc1cn[nH]c1-c1cc(Cl)ccc1OC(F)F)c1cnn2cccnc12.OC1CCNCC1. The van der Waals surface area contributed by atoms with Gasteiger partial charge in [0.25, 0.3) is 5.91 Å². The van der Waals surface area contributed by atoms with Gasteiger partial charge in [-0.3, -0.25) is 9.89 Å². The summed E-state index contributed by atoms with van der Waals surface area (Å²) in [5.41, 5.74) is 1.34. The molecule has 0 unspecified atom stereocenters. The minimum atomic E-state index is -3.02. The largest absolute Gasteiger partial charge is 0.434 e. The lowest BCUT2D eigenvalue weighted by molar-refractivity contribution is -0.0494. The number of aliphatic hydroxyl groups excluding tert-OH is 1. The number of hydrogen-bond acceptors (Lipinski definition) is 7. The van der Waals surface area contributed by atoms with E-state index in [9.17, 15) is 13.6 Å². The zero-order valence-corrected chi connectivity index (χ0v) is 19.0. The third-order valence-corrected chi connectivity index (χ3v) is 5.38. The fourth-order valence-electron chi connectivity index (χ4n) is 3.47. The van der Waals surface area contributed by atoms with Crippen molar-refractivity contribution in [1.29, 1.82) is 0 Å². The van der Waals surface area contributed by atoms with Crippen molar-refractivity contribution < 1.29 is 23.4 Å². The number of H-pyrrole nitrogens is 1. The Morgan fingerprint density at radius 1 is 1.29 bits per heavy atom. The van der Waals surface area contributed by atoms with Crippen LogP contribution in [0.25, 0.3) is 16.9 Å². The maximum atomic E-state index is 12.7. The van der Waals surface area contributed by atoms with Crippen LogP contribution in [0.1, 0.15) is 23.2 Å². The van der Waals surface area contributed by atoms with E-state index in [1.165, 1.54) is 41.3 Å². The molecule has 10 nitrogen and oxygen atoms in total. The molecule has 5 rings (SSSR count). The lowest BCUT2D eigenvalue weighted by Gasteiger charge is -2.16. The number of carbonyl (C=O) groups excluding carboxylic acids is 1. The Bertz CT molecular complexity index is 1290. The average molecular weight is 506 g/mol. The molecule has 1 aromatic carbocycles. The molecule has 0 spiro atoms. The van der Waals surface area contributed by atoms with Gasteiger partial charge in [0, 0.05) is 23.0 Å². The summed E-state index contributed by atoms with van der Waals surface area (Å²) in [6, 6.07) is 5.84. The Balaban J connectivity index is 0.000000356. The van der Waals surface area contributed by atoms with Crippen LogP contribution in [0.4, 0.5) is 14.5 Å². The van der Waals surface area contributed by atoms with Crippen molar-refractivity contribution >= 4 is 28.8 Å². The average Bonchev–Trinajstić information content (AvgIpc) is 3.48. The number of ether oxygens (including phenoxy) is 1. The molecule has 1 saturated heterocycles. The van der Waals surface area contributed by atoms with Crippen LogP contribution in [0, 0.1) is 0 Å². The van der Waals surface area contributed by atoms with Crippen molar-refractivity contribution in [2.45, 2.75) is 25.6 Å². The molecular weight excluding hydrogens is 484 g/mol. The smallest absolute Gasteiger partial charge is 0.387 e. The van der Waals surface area contributed by atoms with Crippen molar-refractivity contribution in [3.63, 3.8) is 0 Å². The topological polar surface area (TPSA) is 129 Å². The van der Waals surface area contributed by atoms with Gasteiger partial charge in [0.05, 0.1) is 29.9 Å². The number of nitrogens with one attached hydrogen (secondary N) is 3. The molecular formula is C22H22ClF2N7O3. The van der Waals surface area contributed by atoms with Crippen LogP contribution in [0.5, 0.6) is 5.75 Å². The minimum Gasteiger partial charge on any atom is -0.434 e. The Labute approximate surface area is 203 Å². The van der Waals surface area contributed by atoms with Gasteiger partial charge in [0.15, 0.2) is 5.65 Å². The lowest BCUT2D eigenvalue weighted by atomic mass is 10.1. The predicted octanol–water partition coefficient (Wildman–Crippen LogP) is 3.36. The molecule has 0 saturated carbocycles. The molecule has 3 aromatic heterocycles. The first-order chi connectivity index (χ1) is 16.9. The van der Waals surface area contributed by atoms with E-state index in [0.29, 0.717) is 10.7 Å². The van der Waals surface area contributed by atoms with Gasteiger partial charge in [-0.15, -0.1) is 0 Å². The van der Waals surface area contributed by atoms with E-state index in [-0.39, 0.29) is 34.4 Å². The van der Waals surface area contributed by atoms with Gasteiger partial charge in [0.1, 0.15) is 11.3 Å². The van der Waals surface area contributed by atoms with Crippen LogP contribution < -0.4 is 15.4 Å². The van der Waals surface area contributed by atoms with E-state index in [1.54, 1.807) is 12.3 Å². The lowest BCUT2D eigenvalue weighted by Crippen LogP contribution is -2.30. The highest BCUT2D eigenvalue weighted by Crippen LogP contribution is 2.36. The van der Waals surface area contributed by atoms with E-state index in [2.05, 4.69) is 35.7 Å². The van der Waals surface area contributed by atoms with E-state index in [1.807, 2.05) is 0 Å². The second kappa shape index (κ2) is 11.2. The number of anilines is 1. The highest BCUT2D eigenvalue weighted by atomic mass is 35.5. The summed E-state index contributed by atoms with van der Waals surface area (Å²) in [6.45, 7) is -1.05. The van der Waals surface area contributed by atoms with Crippen LogP contribution in [0.2, 0.25) is 5.02 Å². The molecule has 0 bridgehead atoms. The number of rotatable bonds is 5. The third kappa shape index (κ3) is 6.10. The van der Waals surface area contributed by atoms with Crippen molar-refractivity contribution in [3.8, 4) is 17.0 Å². The third-order valence-electron chi connectivity index (χ3n) is 5.15. The van der Waals surface area contributed by atoms with Crippen LogP contribution in [0.15, 0.2) is 49.1 Å². The molecule has 0 atom stereocenters. The van der Waals surface area contributed by atoms with Gasteiger partial charge in [-0.25, -0.2) is 9.50 Å². The molecule has 35 heavy (non-hydrogen) atoms. The van der Waals surface area contributed by atoms with Crippen LogP contribution in [-0.2, 0) is 0 Å². The van der Waals surface area contributed by atoms with Gasteiger partial charge in [-0.1, -0.05) is 11.6 Å². The van der Waals surface area contributed by atoms with E-state index in [0.717, 1.165) is 25.9 Å². The number of aromatic nitrogens is 5. The summed E-state index contributed by atoms with van der Waals surface area (Å²) in [7, 11) is 0. The number of halogens is 3. The number of hydrogen-bond donors (Lipinski definition) is 4. The molecule has 4 N–H and O–H groups in total. The van der Waals surface area contributed by atoms with Crippen molar-refractivity contribution in [2.75, 3.05) is 18.4 Å². The summed E-state index contributed by atoms with van der Waals surface area (Å²) in [4.78, 5) is 16.8. The van der Waals surface area contributed by atoms with E-state index in [4.69, 9.17) is 16.7 Å². The number of aliphatic hydroxyl groups is 1. The molecule has 1 aliphatic heterocycles.